The Morgan fingerprint density at radius 1 is 1.19 bits per heavy atom. The summed E-state index contributed by atoms with van der Waals surface area (Å²) in [5.74, 6) is 2.84. The standard InChI is InChI=1S/C19H29N5O3/c1-3-26-15-6-5-14(13-16(15)27-4-2)18(20)19-21-17(22-23-19)7-8-24-9-11-25-12-10-24/h5-6,13,18H,3-4,7-12,20H2,1-2H3,(H,21,22,23)/t18-/m0/s1. The summed E-state index contributed by atoms with van der Waals surface area (Å²) in [4.78, 5) is 6.95. The zero-order valence-corrected chi connectivity index (χ0v) is 16.1. The molecule has 1 fully saturated rings. The van der Waals surface area contributed by atoms with E-state index in [1.807, 2.05) is 32.0 Å². The van der Waals surface area contributed by atoms with Gasteiger partial charge in [0.2, 0.25) is 0 Å². The van der Waals surface area contributed by atoms with E-state index in [0.717, 1.165) is 56.4 Å². The van der Waals surface area contributed by atoms with Crippen LogP contribution in [0.5, 0.6) is 11.5 Å². The topological polar surface area (TPSA) is 98.5 Å². The van der Waals surface area contributed by atoms with Gasteiger partial charge in [0.15, 0.2) is 17.3 Å². The number of ether oxygens (including phenoxy) is 3. The van der Waals surface area contributed by atoms with Gasteiger partial charge in [0.1, 0.15) is 5.82 Å². The third-order valence-electron chi connectivity index (χ3n) is 4.52. The van der Waals surface area contributed by atoms with Crippen LogP contribution in [0.3, 0.4) is 0 Å². The maximum atomic E-state index is 6.39. The highest BCUT2D eigenvalue weighted by Crippen LogP contribution is 2.31. The number of aromatic nitrogens is 3. The molecule has 0 aliphatic carbocycles. The zero-order valence-electron chi connectivity index (χ0n) is 16.1. The number of nitrogens with one attached hydrogen (secondary N) is 1. The van der Waals surface area contributed by atoms with E-state index in [1.54, 1.807) is 0 Å². The van der Waals surface area contributed by atoms with Crippen LogP contribution in [0, 0.1) is 0 Å². The van der Waals surface area contributed by atoms with Gasteiger partial charge in [-0.05, 0) is 31.5 Å². The molecular formula is C19H29N5O3. The van der Waals surface area contributed by atoms with Crippen LogP contribution in [0.15, 0.2) is 18.2 Å². The largest absolute Gasteiger partial charge is 0.490 e. The number of rotatable bonds is 9. The van der Waals surface area contributed by atoms with Crippen LogP contribution in [0.4, 0.5) is 0 Å². The van der Waals surface area contributed by atoms with E-state index in [4.69, 9.17) is 19.9 Å². The molecule has 27 heavy (non-hydrogen) atoms. The van der Waals surface area contributed by atoms with Crippen LogP contribution in [0.1, 0.15) is 37.1 Å². The van der Waals surface area contributed by atoms with Crippen molar-refractivity contribution in [3.63, 3.8) is 0 Å². The SMILES string of the molecule is CCOc1ccc([C@H](N)c2n[nH]c(CCN3CCOCC3)n2)cc1OCC. The number of nitrogens with two attached hydrogens (primary N) is 1. The molecule has 1 saturated heterocycles. The molecule has 0 amide bonds. The van der Waals surface area contributed by atoms with Crippen LogP contribution in [0.2, 0.25) is 0 Å². The lowest BCUT2D eigenvalue weighted by atomic mass is 10.1. The molecule has 2 heterocycles. The van der Waals surface area contributed by atoms with Gasteiger partial charge in [-0.2, -0.15) is 5.10 Å². The maximum absolute atomic E-state index is 6.39. The number of morpholine rings is 1. The molecule has 1 atom stereocenters. The van der Waals surface area contributed by atoms with E-state index in [0.29, 0.717) is 24.8 Å². The Labute approximate surface area is 160 Å². The first-order chi connectivity index (χ1) is 13.2. The molecule has 2 aromatic rings. The summed E-state index contributed by atoms with van der Waals surface area (Å²) in [7, 11) is 0. The average molecular weight is 375 g/mol. The van der Waals surface area contributed by atoms with Gasteiger partial charge in [-0.15, -0.1) is 0 Å². The summed E-state index contributed by atoms with van der Waals surface area (Å²) < 4.78 is 16.7. The lowest BCUT2D eigenvalue weighted by molar-refractivity contribution is 0.0382. The van der Waals surface area contributed by atoms with Crippen molar-refractivity contribution >= 4 is 0 Å². The van der Waals surface area contributed by atoms with Gasteiger partial charge < -0.3 is 19.9 Å². The monoisotopic (exact) mass is 375 g/mol. The predicted octanol–water partition coefficient (Wildman–Crippen LogP) is 1.52. The molecule has 1 aliphatic rings. The molecule has 0 spiro atoms. The highest BCUT2D eigenvalue weighted by atomic mass is 16.5. The van der Waals surface area contributed by atoms with Crippen molar-refractivity contribution in [2.75, 3.05) is 46.1 Å². The van der Waals surface area contributed by atoms with Crippen molar-refractivity contribution in [3.8, 4) is 11.5 Å². The molecule has 1 aromatic heterocycles. The number of nitrogens with zero attached hydrogens (tertiary/aromatic N) is 3. The maximum Gasteiger partial charge on any atom is 0.171 e. The van der Waals surface area contributed by atoms with Crippen LogP contribution in [-0.2, 0) is 11.2 Å². The molecule has 148 valence electrons. The summed E-state index contributed by atoms with van der Waals surface area (Å²) in [6.07, 6.45) is 0.813. The number of hydrogen-bond acceptors (Lipinski definition) is 7. The van der Waals surface area contributed by atoms with E-state index in [-0.39, 0.29) is 0 Å². The second-order valence-corrected chi connectivity index (χ2v) is 6.39. The lowest BCUT2D eigenvalue weighted by Crippen LogP contribution is -2.37. The highest BCUT2D eigenvalue weighted by molar-refractivity contribution is 5.44. The zero-order chi connectivity index (χ0) is 19.1. The van der Waals surface area contributed by atoms with E-state index >= 15 is 0 Å². The predicted molar refractivity (Wildman–Crippen MR) is 102 cm³/mol. The third-order valence-corrected chi connectivity index (χ3v) is 4.52. The smallest absolute Gasteiger partial charge is 0.171 e. The van der Waals surface area contributed by atoms with Gasteiger partial charge in [0, 0.05) is 26.1 Å². The molecule has 3 N–H and O–H groups in total. The van der Waals surface area contributed by atoms with Gasteiger partial charge in [-0.1, -0.05) is 6.07 Å². The summed E-state index contributed by atoms with van der Waals surface area (Å²) in [5.41, 5.74) is 7.28. The van der Waals surface area contributed by atoms with Gasteiger partial charge in [-0.3, -0.25) is 10.00 Å². The Balaban J connectivity index is 1.65. The van der Waals surface area contributed by atoms with Gasteiger partial charge in [-0.25, -0.2) is 4.98 Å². The lowest BCUT2D eigenvalue weighted by Gasteiger charge is -2.25. The van der Waals surface area contributed by atoms with Gasteiger partial charge in [0.05, 0.1) is 32.5 Å². The second-order valence-electron chi connectivity index (χ2n) is 6.39. The first kappa shape index (κ1) is 19.6. The number of aromatic amines is 1. The quantitative estimate of drug-likeness (QED) is 0.686. The fraction of sp³-hybridized carbons (Fsp3) is 0.579. The molecule has 0 saturated carbocycles. The summed E-state index contributed by atoms with van der Waals surface area (Å²) in [5, 5.41) is 7.33. The first-order valence-corrected chi connectivity index (χ1v) is 9.57. The molecule has 1 aromatic carbocycles. The molecule has 0 bridgehead atoms. The summed E-state index contributed by atoms with van der Waals surface area (Å²) in [6.45, 7) is 9.49. The van der Waals surface area contributed by atoms with Crippen molar-refractivity contribution in [1.82, 2.24) is 20.1 Å². The fourth-order valence-corrected chi connectivity index (χ4v) is 3.06. The minimum atomic E-state index is -0.423. The number of H-pyrrole nitrogens is 1. The Kier molecular flexibility index (Phi) is 7.03. The Bertz CT molecular complexity index is 715. The van der Waals surface area contributed by atoms with E-state index < -0.39 is 6.04 Å². The number of benzene rings is 1. The van der Waals surface area contributed by atoms with Crippen molar-refractivity contribution < 1.29 is 14.2 Å². The van der Waals surface area contributed by atoms with Crippen molar-refractivity contribution in [1.29, 1.82) is 0 Å². The Morgan fingerprint density at radius 3 is 2.67 bits per heavy atom. The molecule has 1 aliphatic heterocycles. The first-order valence-electron chi connectivity index (χ1n) is 9.57. The van der Waals surface area contributed by atoms with E-state index in [9.17, 15) is 0 Å². The van der Waals surface area contributed by atoms with Crippen LogP contribution < -0.4 is 15.2 Å². The summed E-state index contributed by atoms with van der Waals surface area (Å²) in [6, 6.07) is 5.30. The molecular weight excluding hydrogens is 346 g/mol. The van der Waals surface area contributed by atoms with Crippen molar-refractivity contribution in [2.24, 2.45) is 5.73 Å². The molecule has 3 rings (SSSR count). The highest BCUT2D eigenvalue weighted by Gasteiger charge is 2.18. The Hall–Kier alpha value is -2.16. The average Bonchev–Trinajstić information content (AvgIpc) is 3.17. The van der Waals surface area contributed by atoms with Gasteiger partial charge >= 0.3 is 0 Å². The number of hydrogen-bond donors (Lipinski definition) is 2. The molecule has 0 radical (unpaired) electrons. The van der Waals surface area contributed by atoms with Crippen molar-refractivity contribution in [2.45, 2.75) is 26.3 Å². The Morgan fingerprint density at radius 2 is 1.93 bits per heavy atom. The second kappa shape index (κ2) is 9.68. The normalized spacial score (nSPS) is 16.3. The van der Waals surface area contributed by atoms with Crippen molar-refractivity contribution in [3.05, 3.63) is 35.4 Å². The van der Waals surface area contributed by atoms with Crippen LogP contribution >= 0.6 is 0 Å². The molecule has 8 nitrogen and oxygen atoms in total. The molecule has 8 heteroatoms. The van der Waals surface area contributed by atoms with E-state index in [2.05, 4.69) is 20.1 Å². The van der Waals surface area contributed by atoms with Gasteiger partial charge in [0.25, 0.3) is 0 Å². The molecule has 0 unspecified atom stereocenters. The van der Waals surface area contributed by atoms with Crippen LogP contribution in [-0.4, -0.2) is 66.1 Å². The minimum absolute atomic E-state index is 0.423. The fourth-order valence-electron chi connectivity index (χ4n) is 3.06. The van der Waals surface area contributed by atoms with Crippen LogP contribution in [0.25, 0.3) is 0 Å². The third kappa shape index (κ3) is 5.18. The summed E-state index contributed by atoms with van der Waals surface area (Å²) >= 11 is 0. The minimum Gasteiger partial charge on any atom is -0.490 e. The van der Waals surface area contributed by atoms with E-state index in [1.165, 1.54) is 0 Å².